The molecule has 1 aliphatic rings. The predicted octanol–water partition coefficient (Wildman–Crippen LogP) is -1.73. The molecule has 0 spiro atoms. The van der Waals surface area contributed by atoms with Gasteiger partial charge in [-0.2, -0.15) is 0 Å². The first-order valence-electron chi connectivity index (χ1n) is 1.90. The van der Waals surface area contributed by atoms with Crippen LogP contribution in [0.25, 0.3) is 0 Å². The average Bonchev–Trinajstić information content (AvgIpc) is 1.61. The van der Waals surface area contributed by atoms with Gasteiger partial charge in [-0.3, -0.25) is 5.32 Å². The van der Waals surface area contributed by atoms with Crippen molar-refractivity contribution in [2.45, 2.75) is 12.3 Å². The third kappa shape index (κ3) is 0.408. The molecular formula is C3H7NO2. The number of hydrogen-bond acceptors (Lipinski definition) is 3. The fraction of sp³-hybridized carbons (Fsp3) is 1.00. The molecule has 1 fully saturated rings. The number of hydrogen-bond donors (Lipinski definition) is 3. The molecule has 0 amide bonds. The van der Waals surface area contributed by atoms with Crippen LogP contribution in [0.5, 0.6) is 0 Å². The van der Waals surface area contributed by atoms with Crippen LogP contribution in [0.4, 0.5) is 0 Å². The quantitative estimate of drug-likeness (QED) is 0.330. The standard InChI is InChI=1S/C3H7NO2/c5-2-1-4-3(2)6/h2-6H,1H2. The maximum atomic E-state index is 8.40. The van der Waals surface area contributed by atoms with E-state index in [1.165, 1.54) is 0 Å². The Morgan fingerprint density at radius 2 is 2.00 bits per heavy atom. The van der Waals surface area contributed by atoms with Crippen LogP contribution in [0.3, 0.4) is 0 Å². The minimum Gasteiger partial charge on any atom is -0.388 e. The minimum absolute atomic E-state index is 0.523. The van der Waals surface area contributed by atoms with Gasteiger partial charge < -0.3 is 10.2 Å². The number of aliphatic hydroxyl groups excluding tert-OH is 2. The molecule has 3 N–H and O–H groups in total. The zero-order chi connectivity index (χ0) is 4.57. The van der Waals surface area contributed by atoms with Gasteiger partial charge in [-0.25, -0.2) is 0 Å². The molecule has 3 heteroatoms. The Morgan fingerprint density at radius 1 is 1.50 bits per heavy atom. The highest BCUT2D eigenvalue weighted by Gasteiger charge is 2.24. The summed E-state index contributed by atoms with van der Waals surface area (Å²) in [6.45, 7) is 0.529. The highest BCUT2D eigenvalue weighted by Crippen LogP contribution is 1.96. The van der Waals surface area contributed by atoms with Gasteiger partial charge in [0.15, 0.2) is 0 Å². The summed E-state index contributed by atoms with van der Waals surface area (Å²) in [7, 11) is 0. The lowest BCUT2D eigenvalue weighted by Gasteiger charge is -2.28. The van der Waals surface area contributed by atoms with E-state index in [0.717, 1.165) is 0 Å². The van der Waals surface area contributed by atoms with Gasteiger partial charge >= 0.3 is 0 Å². The van der Waals surface area contributed by atoms with E-state index in [2.05, 4.69) is 5.32 Å². The van der Waals surface area contributed by atoms with Crippen molar-refractivity contribution in [1.82, 2.24) is 5.32 Å². The second kappa shape index (κ2) is 1.18. The lowest BCUT2D eigenvalue weighted by Crippen LogP contribution is -2.56. The molecule has 36 valence electrons. The summed E-state index contributed by atoms with van der Waals surface area (Å²) in [5.74, 6) is 0. The van der Waals surface area contributed by atoms with Crippen molar-refractivity contribution in [3.05, 3.63) is 0 Å². The molecule has 1 heterocycles. The Hall–Kier alpha value is -0.120. The molecule has 0 saturated carbocycles. The zero-order valence-corrected chi connectivity index (χ0v) is 3.26. The van der Waals surface area contributed by atoms with Crippen LogP contribution in [0.15, 0.2) is 0 Å². The van der Waals surface area contributed by atoms with E-state index in [-0.39, 0.29) is 0 Å². The minimum atomic E-state index is -0.662. The van der Waals surface area contributed by atoms with Gasteiger partial charge in [0.05, 0.1) is 0 Å². The summed E-state index contributed by atoms with van der Waals surface area (Å²) in [6, 6.07) is 0. The molecule has 0 radical (unpaired) electrons. The largest absolute Gasteiger partial charge is 0.388 e. The lowest BCUT2D eigenvalue weighted by molar-refractivity contribution is -0.0624. The van der Waals surface area contributed by atoms with Crippen molar-refractivity contribution >= 4 is 0 Å². The third-order valence-electron chi connectivity index (χ3n) is 0.901. The molecular weight excluding hydrogens is 82.0 g/mol. The zero-order valence-electron chi connectivity index (χ0n) is 3.26. The molecule has 3 nitrogen and oxygen atoms in total. The van der Waals surface area contributed by atoms with Gasteiger partial charge in [0.1, 0.15) is 12.3 Å². The highest BCUT2D eigenvalue weighted by atomic mass is 16.4. The summed E-state index contributed by atoms with van der Waals surface area (Å²) < 4.78 is 0. The van der Waals surface area contributed by atoms with Crippen molar-refractivity contribution in [2.75, 3.05) is 6.54 Å². The molecule has 6 heavy (non-hydrogen) atoms. The first kappa shape index (κ1) is 4.05. The van der Waals surface area contributed by atoms with Crippen molar-refractivity contribution in [3.63, 3.8) is 0 Å². The Balaban J connectivity index is 2.20. The summed E-state index contributed by atoms with van der Waals surface area (Å²) in [5, 5.41) is 19.3. The Kier molecular flexibility index (Phi) is 0.799. The molecule has 0 aromatic carbocycles. The lowest BCUT2D eigenvalue weighted by atomic mass is 10.2. The topological polar surface area (TPSA) is 52.5 Å². The van der Waals surface area contributed by atoms with Gasteiger partial charge in [0.25, 0.3) is 0 Å². The van der Waals surface area contributed by atoms with Gasteiger partial charge in [-0.05, 0) is 0 Å². The predicted molar refractivity (Wildman–Crippen MR) is 20.0 cm³/mol. The molecule has 0 aromatic rings. The Labute approximate surface area is 35.6 Å². The van der Waals surface area contributed by atoms with Gasteiger partial charge in [-0.15, -0.1) is 0 Å². The normalized spacial score (nSPS) is 45.0. The molecule has 2 unspecified atom stereocenters. The van der Waals surface area contributed by atoms with E-state index in [1.807, 2.05) is 0 Å². The fourth-order valence-electron chi connectivity index (χ4n) is 0.329. The van der Waals surface area contributed by atoms with Crippen molar-refractivity contribution in [1.29, 1.82) is 0 Å². The number of aliphatic hydroxyl groups is 2. The van der Waals surface area contributed by atoms with Crippen LogP contribution in [-0.2, 0) is 0 Å². The Morgan fingerprint density at radius 3 is 2.00 bits per heavy atom. The molecule has 0 bridgehead atoms. The van der Waals surface area contributed by atoms with Gasteiger partial charge in [0.2, 0.25) is 0 Å². The van der Waals surface area contributed by atoms with E-state index >= 15 is 0 Å². The fourth-order valence-corrected chi connectivity index (χ4v) is 0.329. The number of nitrogens with one attached hydrogen (secondary N) is 1. The number of β-amino-alcohol motifs (C(OH)–C–C–N with tert-alkyl or cyclic N) is 1. The summed E-state index contributed by atoms with van der Waals surface area (Å²) in [4.78, 5) is 0. The van der Waals surface area contributed by atoms with E-state index in [0.29, 0.717) is 6.54 Å². The first-order chi connectivity index (χ1) is 2.80. The third-order valence-corrected chi connectivity index (χ3v) is 0.901. The first-order valence-corrected chi connectivity index (χ1v) is 1.90. The van der Waals surface area contributed by atoms with Crippen molar-refractivity contribution in [3.8, 4) is 0 Å². The van der Waals surface area contributed by atoms with Crippen LogP contribution in [-0.4, -0.2) is 29.1 Å². The molecule has 0 aliphatic carbocycles. The van der Waals surface area contributed by atoms with Crippen LogP contribution in [0.2, 0.25) is 0 Å². The molecule has 1 rings (SSSR count). The maximum Gasteiger partial charge on any atom is 0.132 e. The SMILES string of the molecule is OC1CNC1O. The van der Waals surface area contributed by atoms with Crippen LogP contribution >= 0.6 is 0 Å². The summed E-state index contributed by atoms with van der Waals surface area (Å²) in [5.41, 5.74) is 0. The van der Waals surface area contributed by atoms with Gasteiger partial charge in [-0.1, -0.05) is 0 Å². The second-order valence-corrected chi connectivity index (χ2v) is 1.42. The summed E-state index contributed by atoms with van der Waals surface area (Å²) in [6.07, 6.45) is -1.19. The monoisotopic (exact) mass is 89.0 g/mol. The van der Waals surface area contributed by atoms with E-state index in [4.69, 9.17) is 10.2 Å². The molecule has 2 atom stereocenters. The van der Waals surface area contributed by atoms with Gasteiger partial charge in [0, 0.05) is 6.54 Å². The molecule has 0 aromatic heterocycles. The van der Waals surface area contributed by atoms with E-state index < -0.39 is 12.3 Å². The molecule has 1 aliphatic heterocycles. The number of rotatable bonds is 0. The summed E-state index contributed by atoms with van der Waals surface area (Å²) >= 11 is 0. The van der Waals surface area contributed by atoms with E-state index in [1.54, 1.807) is 0 Å². The average molecular weight is 89.1 g/mol. The second-order valence-electron chi connectivity index (χ2n) is 1.42. The smallest absolute Gasteiger partial charge is 0.132 e. The Bertz CT molecular complexity index is 48.8. The molecule has 1 saturated heterocycles. The van der Waals surface area contributed by atoms with Crippen LogP contribution in [0, 0.1) is 0 Å². The van der Waals surface area contributed by atoms with Crippen LogP contribution < -0.4 is 5.32 Å². The van der Waals surface area contributed by atoms with Crippen LogP contribution in [0.1, 0.15) is 0 Å². The highest BCUT2D eigenvalue weighted by molar-refractivity contribution is 4.77. The maximum absolute atomic E-state index is 8.40. The van der Waals surface area contributed by atoms with Crippen molar-refractivity contribution < 1.29 is 10.2 Å². The van der Waals surface area contributed by atoms with Crippen molar-refractivity contribution in [2.24, 2.45) is 0 Å². The van der Waals surface area contributed by atoms with E-state index in [9.17, 15) is 0 Å².